The van der Waals surface area contributed by atoms with Crippen LogP contribution in [-0.2, 0) is 9.05 Å². The first-order valence-corrected chi connectivity index (χ1v) is 4.58. The lowest BCUT2D eigenvalue weighted by molar-refractivity contribution is 0.237. The number of hydrogen-bond donors (Lipinski definition) is 0. The van der Waals surface area contributed by atoms with E-state index in [0.29, 0.717) is 13.2 Å². The largest absolute Gasteiger partial charge is 0.322 e. The van der Waals surface area contributed by atoms with Crippen LogP contribution in [0.2, 0.25) is 0 Å². The summed E-state index contributed by atoms with van der Waals surface area (Å²) >= 11 is 0. The van der Waals surface area contributed by atoms with Gasteiger partial charge in [-0.1, -0.05) is 0 Å². The molecule has 0 radical (unpaired) electrons. The molecule has 0 unspecified atom stereocenters. The Bertz CT molecular complexity index is 74.1. The summed E-state index contributed by atoms with van der Waals surface area (Å²) in [6.07, 6.45) is 0. The molecule has 0 rings (SSSR count). The highest BCUT2D eigenvalue weighted by molar-refractivity contribution is 7.44. The highest BCUT2D eigenvalue weighted by Gasteiger charge is 2.10. The molecule has 0 bridgehead atoms. The van der Waals surface area contributed by atoms with Gasteiger partial charge in [0.1, 0.15) is 0 Å². The molecule has 0 aromatic heterocycles. The van der Waals surface area contributed by atoms with Crippen LogP contribution >= 0.6 is 8.53 Å². The molecular weight excluding hydrogens is 149 g/mol. The molecule has 3 nitrogen and oxygen atoms in total. The van der Waals surface area contributed by atoms with Crippen molar-refractivity contribution in [3.05, 3.63) is 0 Å². The lowest BCUT2D eigenvalue weighted by atomic mass is 10.9. The maximum Gasteiger partial charge on any atom is 0.258 e. The zero-order valence-corrected chi connectivity index (χ0v) is 8.02. The second kappa shape index (κ2) is 6.05. The van der Waals surface area contributed by atoms with E-state index in [0.717, 1.165) is 0 Å². The quantitative estimate of drug-likeness (QED) is 0.580. The van der Waals surface area contributed by atoms with E-state index in [4.69, 9.17) is 9.05 Å². The minimum absolute atomic E-state index is 0.712. The van der Waals surface area contributed by atoms with Gasteiger partial charge in [0.15, 0.2) is 0 Å². The highest BCUT2D eigenvalue weighted by Crippen LogP contribution is 2.39. The molecule has 0 aromatic rings. The third-order valence-electron chi connectivity index (χ3n) is 0.806. The normalized spacial score (nSPS) is 11.4. The summed E-state index contributed by atoms with van der Waals surface area (Å²) in [5.41, 5.74) is 0. The molecule has 0 heterocycles. The second-order valence-electron chi connectivity index (χ2n) is 1.92. The minimum Gasteiger partial charge on any atom is -0.322 e. The highest BCUT2D eigenvalue weighted by atomic mass is 31.2. The molecule has 62 valence electrons. The van der Waals surface area contributed by atoms with Crippen LogP contribution in [0.4, 0.5) is 0 Å². The standard InChI is InChI=1S/C6H16NO2P/c1-5-8-10(7(3)4)9-6-2/h5-6H2,1-4H3. The fraction of sp³-hybridized carbons (Fsp3) is 1.00. The minimum atomic E-state index is -0.787. The number of rotatable bonds is 5. The van der Waals surface area contributed by atoms with Gasteiger partial charge >= 0.3 is 0 Å². The van der Waals surface area contributed by atoms with E-state index in [1.807, 2.05) is 32.6 Å². The first kappa shape index (κ1) is 10.3. The predicted molar refractivity (Wildman–Crippen MR) is 43.9 cm³/mol. The monoisotopic (exact) mass is 165 g/mol. The van der Waals surface area contributed by atoms with Crippen LogP contribution in [0, 0.1) is 0 Å². The van der Waals surface area contributed by atoms with Crippen LogP contribution in [0.1, 0.15) is 13.8 Å². The lowest BCUT2D eigenvalue weighted by Gasteiger charge is -2.20. The van der Waals surface area contributed by atoms with Crippen LogP contribution in [0.25, 0.3) is 0 Å². The van der Waals surface area contributed by atoms with Crippen LogP contribution in [0.5, 0.6) is 0 Å². The van der Waals surface area contributed by atoms with E-state index in [2.05, 4.69) is 0 Å². The fourth-order valence-electron chi connectivity index (χ4n) is 0.489. The third-order valence-corrected chi connectivity index (χ3v) is 2.42. The Balaban J connectivity index is 3.50. The maximum absolute atomic E-state index is 5.31. The molecular formula is C6H16NO2P. The van der Waals surface area contributed by atoms with Gasteiger partial charge in [-0.25, -0.2) is 4.67 Å². The second-order valence-corrected chi connectivity index (χ2v) is 3.71. The van der Waals surface area contributed by atoms with E-state index in [9.17, 15) is 0 Å². The molecule has 4 heteroatoms. The summed E-state index contributed by atoms with van der Waals surface area (Å²) < 4.78 is 12.6. The van der Waals surface area contributed by atoms with Gasteiger partial charge in [0, 0.05) is 0 Å². The molecule has 0 amide bonds. The van der Waals surface area contributed by atoms with E-state index < -0.39 is 8.53 Å². The van der Waals surface area contributed by atoms with Gasteiger partial charge in [0.25, 0.3) is 8.53 Å². The van der Waals surface area contributed by atoms with Gasteiger partial charge < -0.3 is 9.05 Å². The Morgan fingerprint density at radius 3 is 1.70 bits per heavy atom. The molecule has 0 aliphatic rings. The summed E-state index contributed by atoms with van der Waals surface area (Å²) in [6.45, 7) is 5.36. The van der Waals surface area contributed by atoms with Crippen molar-refractivity contribution in [3.63, 3.8) is 0 Å². The van der Waals surface area contributed by atoms with Crippen LogP contribution < -0.4 is 0 Å². The third kappa shape index (κ3) is 4.18. The van der Waals surface area contributed by atoms with Gasteiger partial charge in [-0.2, -0.15) is 0 Å². The molecule has 0 spiro atoms. The molecule has 10 heavy (non-hydrogen) atoms. The van der Waals surface area contributed by atoms with Crippen LogP contribution in [-0.4, -0.2) is 32.0 Å². The average molecular weight is 165 g/mol. The fourth-order valence-corrected chi connectivity index (χ4v) is 1.47. The van der Waals surface area contributed by atoms with E-state index in [1.165, 1.54) is 0 Å². The summed E-state index contributed by atoms with van der Waals surface area (Å²) in [5.74, 6) is 0. The van der Waals surface area contributed by atoms with Crippen molar-refractivity contribution >= 4 is 8.53 Å². The molecule has 0 atom stereocenters. The summed E-state index contributed by atoms with van der Waals surface area (Å²) in [6, 6.07) is 0. The summed E-state index contributed by atoms with van der Waals surface area (Å²) in [4.78, 5) is 0. The van der Waals surface area contributed by atoms with Crippen LogP contribution in [0.15, 0.2) is 0 Å². The summed E-state index contributed by atoms with van der Waals surface area (Å²) in [7, 11) is 3.12. The Hall–Kier alpha value is 0.310. The smallest absolute Gasteiger partial charge is 0.258 e. The topological polar surface area (TPSA) is 21.7 Å². The Morgan fingerprint density at radius 1 is 1.10 bits per heavy atom. The van der Waals surface area contributed by atoms with Gasteiger partial charge in [-0.05, 0) is 27.9 Å². The number of nitrogens with zero attached hydrogens (tertiary/aromatic N) is 1. The lowest BCUT2D eigenvalue weighted by Crippen LogP contribution is -2.08. The van der Waals surface area contributed by atoms with Crippen molar-refractivity contribution in [2.75, 3.05) is 27.3 Å². The van der Waals surface area contributed by atoms with Gasteiger partial charge in [0.05, 0.1) is 13.2 Å². The Kier molecular flexibility index (Phi) is 6.24. The molecule has 0 N–H and O–H groups in total. The first-order valence-electron chi connectivity index (χ1n) is 3.45. The molecule has 0 saturated heterocycles. The number of hydrogen-bond acceptors (Lipinski definition) is 3. The predicted octanol–water partition coefficient (Wildman–Crippen LogP) is 1.85. The van der Waals surface area contributed by atoms with Crippen LogP contribution in [0.3, 0.4) is 0 Å². The first-order chi connectivity index (χ1) is 4.72. The molecule has 0 aliphatic carbocycles. The van der Waals surface area contributed by atoms with Gasteiger partial charge in [-0.15, -0.1) is 0 Å². The Labute approximate surface area is 64.3 Å². The molecule has 0 fully saturated rings. The molecule has 0 saturated carbocycles. The van der Waals surface area contributed by atoms with Crippen molar-refractivity contribution in [2.45, 2.75) is 13.8 Å². The molecule has 0 aromatic carbocycles. The molecule has 0 aliphatic heterocycles. The van der Waals surface area contributed by atoms with E-state index in [1.54, 1.807) is 0 Å². The van der Waals surface area contributed by atoms with E-state index in [-0.39, 0.29) is 0 Å². The SMILES string of the molecule is CCOP(OCC)N(C)C. The van der Waals surface area contributed by atoms with Crippen molar-refractivity contribution in [1.29, 1.82) is 0 Å². The maximum atomic E-state index is 5.31. The van der Waals surface area contributed by atoms with Gasteiger partial charge in [-0.3, -0.25) is 0 Å². The average Bonchev–Trinajstić information content (AvgIpc) is 1.87. The summed E-state index contributed by atoms with van der Waals surface area (Å²) in [5, 5.41) is 0. The van der Waals surface area contributed by atoms with Crippen molar-refractivity contribution < 1.29 is 9.05 Å². The van der Waals surface area contributed by atoms with Crippen molar-refractivity contribution in [1.82, 2.24) is 4.67 Å². The van der Waals surface area contributed by atoms with Gasteiger partial charge in [0.2, 0.25) is 0 Å². The zero-order chi connectivity index (χ0) is 7.98. The van der Waals surface area contributed by atoms with Crippen molar-refractivity contribution in [2.24, 2.45) is 0 Å². The van der Waals surface area contributed by atoms with Crippen molar-refractivity contribution in [3.8, 4) is 0 Å². The Morgan fingerprint density at radius 2 is 1.50 bits per heavy atom. The van der Waals surface area contributed by atoms with E-state index >= 15 is 0 Å². The zero-order valence-electron chi connectivity index (χ0n) is 7.13.